The second-order valence-corrected chi connectivity index (χ2v) is 6.15. The molecule has 0 aromatic heterocycles. The number of carbonyl (C=O) groups is 1. The van der Waals surface area contributed by atoms with Gasteiger partial charge in [0.2, 0.25) is 5.91 Å². The van der Waals surface area contributed by atoms with Crippen LogP contribution < -0.4 is 15.4 Å². The Morgan fingerprint density at radius 2 is 1.68 bits per heavy atom. The molecule has 4 nitrogen and oxygen atoms in total. The SMILES string of the molecule is CCC(C)Oc1ccc(NCC(=O)NC(CC)c2ccccc2)cc1. The first-order valence-corrected chi connectivity index (χ1v) is 8.97. The summed E-state index contributed by atoms with van der Waals surface area (Å²) in [6.07, 6.45) is 2.03. The summed E-state index contributed by atoms with van der Waals surface area (Å²) >= 11 is 0. The highest BCUT2D eigenvalue weighted by Gasteiger charge is 2.12. The molecule has 0 aliphatic rings. The van der Waals surface area contributed by atoms with Gasteiger partial charge < -0.3 is 15.4 Å². The molecule has 0 radical (unpaired) electrons. The molecular weight excluding hydrogens is 312 g/mol. The predicted molar refractivity (Wildman–Crippen MR) is 103 cm³/mol. The van der Waals surface area contributed by atoms with Gasteiger partial charge in [-0.25, -0.2) is 0 Å². The Bertz CT molecular complexity index is 641. The molecule has 0 aliphatic carbocycles. The zero-order valence-corrected chi connectivity index (χ0v) is 15.3. The topological polar surface area (TPSA) is 50.4 Å². The molecule has 25 heavy (non-hydrogen) atoms. The lowest BCUT2D eigenvalue weighted by Crippen LogP contribution is -2.33. The average molecular weight is 340 g/mol. The lowest BCUT2D eigenvalue weighted by atomic mass is 10.0. The summed E-state index contributed by atoms with van der Waals surface area (Å²) in [6, 6.07) is 17.8. The molecule has 0 bridgehead atoms. The van der Waals surface area contributed by atoms with Gasteiger partial charge in [-0.05, 0) is 49.6 Å². The molecule has 2 aromatic carbocycles. The maximum atomic E-state index is 12.2. The molecule has 134 valence electrons. The molecule has 1 amide bonds. The first kappa shape index (κ1) is 18.8. The van der Waals surface area contributed by atoms with E-state index in [1.165, 1.54) is 0 Å². The van der Waals surface area contributed by atoms with Crippen molar-refractivity contribution in [2.75, 3.05) is 11.9 Å². The van der Waals surface area contributed by atoms with Gasteiger partial charge in [-0.15, -0.1) is 0 Å². The van der Waals surface area contributed by atoms with Crippen molar-refractivity contribution in [3.63, 3.8) is 0 Å². The highest BCUT2D eigenvalue weighted by Crippen LogP contribution is 2.18. The van der Waals surface area contributed by atoms with Crippen molar-refractivity contribution < 1.29 is 9.53 Å². The fourth-order valence-electron chi connectivity index (χ4n) is 2.50. The van der Waals surface area contributed by atoms with Crippen LogP contribution in [0.5, 0.6) is 5.75 Å². The van der Waals surface area contributed by atoms with Gasteiger partial charge in [-0.3, -0.25) is 4.79 Å². The fraction of sp³-hybridized carbons (Fsp3) is 0.381. The van der Waals surface area contributed by atoms with E-state index in [4.69, 9.17) is 4.74 Å². The van der Waals surface area contributed by atoms with Crippen molar-refractivity contribution in [1.29, 1.82) is 0 Å². The lowest BCUT2D eigenvalue weighted by Gasteiger charge is -2.18. The molecule has 0 spiro atoms. The van der Waals surface area contributed by atoms with E-state index < -0.39 is 0 Å². The Hall–Kier alpha value is -2.49. The number of amides is 1. The molecule has 0 saturated heterocycles. The highest BCUT2D eigenvalue weighted by atomic mass is 16.5. The summed E-state index contributed by atoms with van der Waals surface area (Å²) < 4.78 is 5.75. The first-order valence-electron chi connectivity index (χ1n) is 8.97. The maximum absolute atomic E-state index is 12.2. The predicted octanol–water partition coefficient (Wildman–Crippen LogP) is 4.54. The quantitative estimate of drug-likeness (QED) is 0.704. The summed E-state index contributed by atoms with van der Waals surface area (Å²) in [5, 5.41) is 6.22. The van der Waals surface area contributed by atoms with Crippen molar-refractivity contribution in [3.8, 4) is 5.75 Å². The van der Waals surface area contributed by atoms with Crippen LogP contribution in [0.15, 0.2) is 54.6 Å². The van der Waals surface area contributed by atoms with E-state index in [1.807, 2.05) is 61.5 Å². The molecule has 4 heteroatoms. The molecule has 2 N–H and O–H groups in total. The third-order valence-corrected chi connectivity index (χ3v) is 4.16. The van der Waals surface area contributed by atoms with Crippen molar-refractivity contribution >= 4 is 11.6 Å². The molecule has 0 heterocycles. The van der Waals surface area contributed by atoms with Crippen molar-refractivity contribution in [2.24, 2.45) is 0 Å². The largest absolute Gasteiger partial charge is 0.491 e. The summed E-state index contributed by atoms with van der Waals surface area (Å²) in [5.41, 5.74) is 2.03. The van der Waals surface area contributed by atoms with Crippen molar-refractivity contribution in [1.82, 2.24) is 5.32 Å². The second-order valence-electron chi connectivity index (χ2n) is 6.15. The smallest absolute Gasteiger partial charge is 0.239 e. The zero-order chi connectivity index (χ0) is 18.1. The molecule has 2 rings (SSSR count). The van der Waals surface area contributed by atoms with Crippen LogP contribution in [0.2, 0.25) is 0 Å². The number of hydrogen-bond donors (Lipinski definition) is 2. The first-order chi connectivity index (χ1) is 12.1. The molecule has 0 saturated carbocycles. The number of hydrogen-bond acceptors (Lipinski definition) is 3. The van der Waals surface area contributed by atoms with E-state index in [0.717, 1.165) is 29.8 Å². The van der Waals surface area contributed by atoms with E-state index in [9.17, 15) is 4.79 Å². The van der Waals surface area contributed by atoms with E-state index in [1.54, 1.807) is 0 Å². The molecule has 2 aromatic rings. The van der Waals surface area contributed by atoms with E-state index >= 15 is 0 Å². The summed E-state index contributed by atoms with van der Waals surface area (Å²) in [5.74, 6) is 0.829. The van der Waals surface area contributed by atoms with E-state index in [2.05, 4.69) is 24.5 Å². The second kappa shape index (κ2) is 9.72. The van der Waals surface area contributed by atoms with Gasteiger partial charge in [0.1, 0.15) is 5.75 Å². The Balaban J connectivity index is 1.83. The number of benzene rings is 2. The van der Waals surface area contributed by atoms with Crippen LogP contribution >= 0.6 is 0 Å². The minimum absolute atomic E-state index is 0.0179. The Morgan fingerprint density at radius 3 is 2.28 bits per heavy atom. The van der Waals surface area contributed by atoms with Crippen LogP contribution in [-0.2, 0) is 4.79 Å². The molecular formula is C21H28N2O2. The number of rotatable bonds is 9. The van der Waals surface area contributed by atoms with Gasteiger partial charge in [0.25, 0.3) is 0 Å². The van der Waals surface area contributed by atoms with Gasteiger partial charge in [0.15, 0.2) is 0 Å². The van der Waals surface area contributed by atoms with Crippen LogP contribution in [0.4, 0.5) is 5.69 Å². The van der Waals surface area contributed by atoms with Crippen LogP contribution in [0.25, 0.3) is 0 Å². The minimum atomic E-state index is -0.0179. The summed E-state index contributed by atoms with van der Waals surface area (Å²) in [4.78, 5) is 12.2. The summed E-state index contributed by atoms with van der Waals surface area (Å²) in [6.45, 7) is 6.46. The van der Waals surface area contributed by atoms with Crippen LogP contribution in [0.3, 0.4) is 0 Å². The number of anilines is 1. The number of carbonyl (C=O) groups excluding carboxylic acids is 1. The zero-order valence-electron chi connectivity index (χ0n) is 15.3. The Labute approximate surface area is 150 Å². The van der Waals surface area contributed by atoms with Gasteiger partial charge in [0, 0.05) is 5.69 Å². The minimum Gasteiger partial charge on any atom is -0.491 e. The van der Waals surface area contributed by atoms with Gasteiger partial charge in [-0.2, -0.15) is 0 Å². The van der Waals surface area contributed by atoms with E-state index in [0.29, 0.717) is 0 Å². The third-order valence-electron chi connectivity index (χ3n) is 4.16. The molecule has 0 fully saturated rings. The Morgan fingerprint density at radius 1 is 1.00 bits per heavy atom. The third kappa shape index (κ3) is 6.14. The van der Waals surface area contributed by atoms with Crippen LogP contribution in [-0.4, -0.2) is 18.6 Å². The van der Waals surface area contributed by atoms with Crippen LogP contribution in [0.1, 0.15) is 45.2 Å². The molecule has 0 aliphatic heterocycles. The van der Waals surface area contributed by atoms with Crippen molar-refractivity contribution in [3.05, 3.63) is 60.2 Å². The van der Waals surface area contributed by atoms with Gasteiger partial charge >= 0.3 is 0 Å². The Kier molecular flexibility index (Phi) is 7.33. The average Bonchev–Trinajstić information content (AvgIpc) is 2.66. The highest BCUT2D eigenvalue weighted by molar-refractivity contribution is 5.81. The number of nitrogens with one attached hydrogen (secondary N) is 2. The lowest BCUT2D eigenvalue weighted by molar-refractivity contribution is -0.120. The maximum Gasteiger partial charge on any atom is 0.239 e. The number of ether oxygens (including phenoxy) is 1. The van der Waals surface area contributed by atoms with Gasteiger partial charge in [0.05, 0.1) is 18.7 Å². The standard InChI is InChI=1S/C21H28N2O2/c1-4-16(3)25-19-13-11-18(12-14-19)22-15-21(24)23-20(5-2)17-9-7-6-8-10-17/h6-14,16,20,22H,4-5,15H2,1-3H3,(H,23,24). The van der Waals surface area contributed by atoms with Gasteiger partial charge in [-0.1, -0.05) is 44.2 Å². The summed E-state index contributed by atoms with van der Waals surface area (Å²) in [7, 11) is 0. The monoisotopic (exact) mass is 340 g/mol. The van der Waals surface area contributed by atoms with Crippen molar-refractivity contribution in [2.45, 2.75) is 45.8 Å². The molecule has 2 unspecified atom stereocenters. The fourth-order valence-corrected chi connectivity index (χ4v) is 2.50. The normalized spacial score (nSPS) is 12.9. The van der Waals surface area contributed by atoms with E-state index in [-0.39, 0.29) is 24.6 Å². The van der Waals surface area contributed by atoms with Crippen LogP contribution in [0, 0.1) is 0 Å². The molecule has 2 atom stereocenters.